The Labute approximate surface area is 125 Å². The van der Waals surface area contributed by atoms with Crippen molar-refractivity contribution in [3.8, 4) is 0 Å². The van der Waals surface area contributed by atoms with E-state index in [1.807, 2.05) is 13.8 Å². The number of methoxy groups -OCH3 is 1. The van der Waals surface area contributed by atoms with Gasteiger partial charge < -0.3 is 19.8 Å². The Morgan fingerprint density at radius 1 is 1.33 bits per heavy atom. The Bertz CT molecular complexity index is 463. The summed E-state index contributed by atoms with van der Waals surface area (Å²) >= 11 is 0. The first-order valence-corrected chi connectivity index (χ1v) is 7.01. The number of nitrogens with zero attached hydrogens (tertiary/aromatic N) is 2. The fourth-order valence-corrected chi connectivity index (χ4v) is 1.70. The maximum atomic E-state index is 11.0. The number of oxazole rings is 1. The summed E-state index contributed by atoms with van der Waals surface area (Å²) < 4.78 is 10.1. The van der Waals surface area contributed by atoms with E-state index in [1.54, 1.807) is 7.05 Å². The van der Waals surface area contributed by atoms with Gasteiger partial charge in [0.25, 0.3) is 0 Å². The zero-order valence-electron chi connectivity index (χ0n) is 13.2. The Hall–Kier alpha value is -2.05. The van der Waals surface area contributed by atoms with Crippen molar-refractivity contribution in [2.45, 2.75) is 39.7 Å². The van der Waals surface area contributed by atoms with Crippen LogP contribution in [0.15, 0.2) is 9.41 Å². The molecule has 0 bridgehead atoms. The molecule has 0 amide bonds. The molecule has 1 aromatic rings. The number of hydrogen-bond donors (Lipinski definition) is 2. The number of unbranched alkanes of at least 4 members (excludes halogenated alkanes) is 1. The van der Waals surface area contributed by atoms with Crippen LogP contribution in [-0.2, 0) is 16.1 Å². The van der Waals surface area contributed by atoms with Crippen LogP contribution in [0.25, 0.3) is 0 Å². The highest BCUT2D eigenvalue weighted by atomic mass is 16.5. The van der Waals surface area contributed by atoms with Gasteiger partial charge in [0, 0.05) is 20.0 Å². The van der Waals surface area contributed by atoms with Gasteiger partial charge in [0.1, 0.15) is 5.76 Å². The topological polar surface area (TPSA) is 88.8 Å². The molecular weight excluding hydrogens is 272 g/mol. The second kappa shape index (κ2) is 8.99. The minimum Gasteiger partial charge on any atom is -0.469 e. The van der Waals surface area contributed by atoms with E-state index in [-0.39, 0.29) is 5.97 Å². The molecule has 2 N–H and O–H groups in total. The highest BCUT2D eigenvalue weighted by Crippen LogP contribution is 2.07. The summed E-state index contributed by atoms with van der Waals surface area (Å²) in [6, 6.07) is 0. The second-order valence-corrected chi connectivity index (χ2v) is 4.63. The van der Waals surface area contributed by atoms with Gasteiger partial charge in [0.05, 0.1) is 19.3 Å². The molecule has 1 heterocycles. The highest BCUT2D eigenvalue weighted by molar-refractivity contribution is 5.79. The zero-order chi connectivity index (χ0) is 15.7. The first-order valence-electron chi connectivity index (χ1n) is 7.01. The molecule has 0 fully saturated rings. The summed E-state index contributed by atoms with van der Waals surface area (Å²) in [5.41, 5.74) is 0.901. The van der Waals surface area contributed by atoms with E-state index in [0.717, 1.165) is 30.8 Å². The Balaban J connectivity index is 2.22. The molecule has 7 heteroatoms. The molecule has 0 aliphatic heterocycles. The molecule has 21 heavy (non-hydrogen) atoms. The lowest BCUT2D eigenvalue weighted by molar-refractivity contribution is -0.140. The lowest BCUT2D eigenvalue weighted by Gasteiger charge is -2.10. The van der Waals surface area contributed by atoms with E-state index in [4.69, 9.17) is 4.42 Å². The van der Waals surface area contributed by atoms with Gasteiger partial charge in [0.15, 0.2) is 5.96 Å². The van der Waals surface area contributed by atoms with Gasteiger partial charge in [-0.2, -0.15) is 0 Å². The number of aryl methyl sites for hydroxylation is 2. The summed E-state index contributed by atoms with van der Waals surface area (Å²) in [5.74, 6) is 1.98. The minimum atomic E-state index is -0.174. The third kappa shape index (κ3) is 6.29. The zero-order valence-corrected chi connectivity index (χ0v) is 13.2. The normalized spacial score (nSPS) is 11.3. The van der Waals surface area contributed by atoms with Crippen molar-refractivity contribution in [2.75, 3.05) is 20.7 Å². The van der Waals surface area contributed by atoms with Crippen LogP contribution in [0.3, 0.4) is 0 Å². The van der Waals surface area contributed by atoms with Crippen LogP contribution in [0, 0.1) is 13.8 Å². The Morgan fingerprint density at radius 3 is 2.67 bits per heavy atom. The summed E-state index contributed by atoms with van der Waals surface area (Å²) in [7, 11) is 3.11. The van der Waals surface area contributed by atoms with Crippen LogP contribution in [0.5, 0.6) is 0 Å². The number of rotatable bonds is 7. The molecule has 0 saturated carbocycles. The summed E-state index contributed by atoms with van der Waals surface area (Å²) in [4.78, 5) is 19.4. The number of guanidine groups is 1. The fourth-order valence-electron chi connectivity index (χ4n) is 1.70. The number of carbonyl (C=O) groups is 1. The van der Waals surface area contributed by atoms with Crippen molar-refractivity contribution in [3.63, 3.8) is 0 Å². The van der Waals surface area contributed by atoms with Crippen molar-refractivity contribution in [2.24, 2.45) is 4.99 Å². The van der Waals surface area contributed by atoms with Crippen molar-refractivity contribution in [1.29, 1.82) is 0 Å². The van der Waals surface area contributed by atoms with Gasteiger partial charge in [-0.1, -0.05) is 0 Å². The van der Waals surface area contributed by atoms with Crippen LogP contribution in [-0.4, -0.2) is 37.6 Å². The molecule has 1 aromatic heterocycles. The lowest BCUT2D eigenvalue weighted by Crippen LogP contribution is -2.37. The van der Waals surface area contributed by atoms with Crippen LogP contribution in [0.4, 0.5) is 0 Å². The van der Waals surface area contributed by atoms with E-state index >= 15 is 0 Å². The number of aliphatic imine (C=N–C) groups is 1. The van der Waals surface area contributed by atoms with Crippen molar-refractivity contribution >= 4 is 11.9 Å². The van der Waals surface area contributed by atoms with E-state index < -0.39 is 0 Å². The van der Waals surface area contributed by atoms with Gasteiger partial charge in [-0.25, -0.2) is 4.98 Å². The maximum Gasteiger partial charge on any atom is 0.305 e. The summed E-state index contributed by atoms with van der Waals surface area (Å²) in [6.45, 7) is 5.02. The van der Waals surface area contributed by atoms with Crippen molar-refractivity contribution in [3.05, 3.63) is 17.3 Å². The van der Waals surface area contributed by atoms with Crippen LogP contribution < -0.4 is 10.6 Å². The molecule has 0 aliphatic carbocycles. The second-order valence-electron chi connectivity index (χ2n) is 4.63. The highest BCUT2D eigenvalue weighted by Gasteiger charge is 2.06. The molecule has 0 spiro atoms. The van der Waals surface area contributed by atoms with Crippen molar-refractivity contribution < 1.29 is 13.9 Å². The molecule has 0 unspecified atom stereocenters. The van der Waals surface area contributed by atoms with Gasteiger partial charge >= 0.3 is 5.97 Å². The number of carbonyl (C=O) groups excluding carboxylic acids is 1. The molecule has 7 nitrogen and oxygen atoms in total. The lowest BCUT2D eigenvalue weighted by atomic mass is 10.2. The average molecular weight is 296 g/mol. The fraction of sp³-hybridized carbons (Fsp3) is 0.643. The Kier molecular flexibility index (Phi) is 7.28. The standard InChI is InChI=1S/C14H24N4O3/c1-10-11(2)21-12(18-10)9-17-14(15-3)16-8-6-5-7-13(19)20-4/h5-9H2,1-4H3,(H2,15,16,17). The van der Waals surface area contributed by atoms with Crippen LogP contribution >= 0.6 is 0 Å². The number of esters is 1. The van der Waals surface area contributed by atoms with E-state index in [2.05, 4.69) is 25.3 Å². The first kappa shape index (κ1) is 17.0. The predicted molar refractivity (Wildman–Crippen MR) is 80.0 cm³/mol. The average Bonchev–Trinajstić information content (AvgIpc) is 2.80. The SMILES string of the molecule is CN=C(NCCCCC(=O)OC)NCc1nc(C)c(C)o1. The summed E-state index contributed by atoms with van der Waals surface area (Å²) in [5, 5.41) is 6.30. The van der Waals surface area contributed by atoms with Crippen LogP contribution in [0.2, 0.25) is 0 Å². The van der Waals surface area contributed by atoms with E-state index in [9.17, 15) is 4.79 Å². The molecule has 118 valence electrons. The molecular formula is C14H24N4O3. The number of hydrogen-bond acceptors (Lipinski definition) is 5. The molecule has 1 rings (SSSR count). The minimum absolute atomic E-state index is 0.174. The smallest absolute Gasteiger partial charge is 0.305 e. The molecule has 0 aliphatic rings. The van der Waals surface area contributed by atoms with Gasteiger partial charge in [-0.15, -0.1) is 0 Å². The largest absolute Gasteiger partial charge is 0.469 e. The van der Waals surface area contributed by atoms with Crippen LogP contribution in [0.1, 0.15) is 36.6 Å². The van der Waals surface area contributed by atoms with E-state index in [1.165, 1.54) is 7.11 Å². The predicted octanol–water partition coefficient (Wildman–Crippen LogP) is 1.30. The molecule has 0 atom stereocenters. The monoisotopic (exact) mass is 296 g/mol. The maximum absolute atomic E-state index is 11.0. The Morgan fingerprint density at radius 2 is 2.10 bits per heavy atom. The summed E-state index contributed by atoms with van der Waals surface area (Å²) in [6.07, 6.45) is 2.10. The quantitative estimate of drug-likeness (QED) is 0.341. The molecule has 0 radical (unpaired) electrons. The third-order valence-corrected chi connectivity index (χ3v) is 3.03. The van der Waals surface area contributed by atoms with Gasteiger partial charge in [-0.05, 0) is 26.7 Å². The number of aromatic nitrogens is 1. The van der Waals surface area contributed by atoms with Crippen molar-refractivity contribution in [1.82, 2.24) is 15.6 Å². The number of nitrogens with one attached hydrogen (secondary N) is 2. The van der Waals surface area contributed by atoms with E-state index in [0.29, 0.717) is 24.8 Å². The molecule has 0 aromatic carbocycles. The van der Waals surface area contributed by atoms with Gasteiger partial charge in [-0.3, -0.25) is 9.79 Å². The number of ether oxygens (including phenoxy) is 1. The van der Waals surface area contributed by atoms with Gasteiger partial charge in [0.2, 0.25) is 5.89 Å². The molecule has 0 saturated heterocycles. The first-order chi connectivity index (χ1) is 10.1. The third-order valence-electron chi connectivity index (χ3n) is 3.03.